The first-order valence-electron chi connectivity index (χ1n) is 6.97. The molecule has 7 nitrogen and oxygen atoms in total. The van der Waals surface area contributed by atoms with Crippen molar-refractivity contribution in [1.29, 1.82) is 0 Å². The van der Waals surface area contributed by atoms with Crippen LogP contribution < -0.4 is 15.5 Å². The highest BCUT2D eigenvalue weighted by Crippen LogP contribution is 2.19. The molecule has 3 rings (SSSR count). The Morgan fingerprint density at radius 3 is 2.90 bits per heavy atom. The number of anilines is 1. The number of piperidine rings is 1. The number of aryl methyl sites for hydroxylation is 1. The fourth-order valence-electron chi connectivity index (χ4n) is 2.55. The third-order valence-corrected chi connectivity index (χ3v) is 3.88. The van der Waals surface area contributed by atoms with Gasteiger partial charge in [0.05, 0.1) is 5.92 Å². The van der Waals surface area contributed by atoms with Crippen LogP contribution in [0.4, 0.5) is 5.82 Å². The van der Waals surface area contributed by atoms with Crippen LogP contribution in [0.2, 0.25) is 0 Å². The third kappa shape index (κ3) is 2.40. The van der Waals surface area contributed by atoms with E-state index in [0.29, 0.717) is 31.9 Å². The van der Waals surface area contributed by atoms with Crippen LogP contribution >= 0.6 is 0 Å². The highest BCUT2D eigenvalue weighted by atomic mass is 16.2. The van der Waals surface area contributed by atoms with Gasteiger partial charge in [-0.25, -0.2) is 0 Å². The second-order valence-corrected chi connectivity index (χ2v) is 5.40. The molecule has 2 fully saturated rings. The van der Waals surface area contributed by atoms with Crippen LogP contribution in [0.5, 0.6) is 0 Å². The minimum atomic E-state index is -0.418. The maximum absolute atomic E-state index is 12.4. The predicted molar refractivity (Wildman–Crippen MR) is 73.1 cm³/mol. The molecule has 0 saturated carbocycles. The fourth-order valence-corrected chi connectivity index (χ4v) is 2.55. The molecule has 1 aromatic rings. The normalized spacial score (nSPS) is 23.6. The van der Waals surface area contributed by atoms with Gasteiger partial charge in [-0.1, -0.05) is 0 Å². The van der Waals surface area contributed by atoms with Crippen molar-refractivity contribution in [2.75, 3.05) is 24.5 Å². The molecule has 0 radical (unpaired) electrons. The molecule has 2 N–H and O–H groups in total. The lowest BCUT2D eigenvalue weighted by molar-refractivity contribution is -0.131. The van der Waals surface area contributed by atoms with Crippen LogP contribution in [0.15, 0.2) is 12.3 Å². The van der Waals surface area contributed by atoms with Crippen LogP contribution in [0, 0.1) is 5.92 Å². The smallest absolute Gasteiger partial charge is 0.250 e. The van der Waals surface area contributed by atoms with Gasteiger partial charge in [0.15, 0.2) is 5.82 Å². The topological polar surface area (TPSA) is 79.3 Å². The van der Waals surface area contributed by atoms with Crippen molar-refractivity contribution in [3.8, 4) is 0 Å². The minimum absolute atomic E-state index is 0.00743. The van der Waals surface area contributed by atoms with Gasteiger partial charge in [-0.15, -0.1) is 0 Å². The molecular formula is C13H19N5O2. The van der Waals surface area contributed by atoms with Crippen molar-refractivity contribution in [2.24, 2.45) is 13.0 Å². The highest BCUT2D eigenvalue weighted by molar-refractivity contribution is 5.99. The summed E-state index contributed by atoms with van der Waals surface area (Å²) in [6.07, 6.45) is 3.38. The zero-order chi connectivity index (χ0) is 14.1. The van der Waals surface area contributed by atoms with Crippen molar-refractivity contribution in [2.45, 2.75) is 18.9 Å². The molecule has 20 heavy (non-hydrogen) atoms. The largest absolute Gasteiger partial charge is 0.344 e. The molecule has 1 unspecified atom stereocenters. The standard InChI is InChI=1S/C13H19N5O2/c1-17-6-4-11(16-17)18-5-2-3-10(13(18)20)15-12(19)9-7-14-8-9/h4,6,9-10,14H,2-3,5,7-8H2,1H3,(H,15,19). The van der Waals surface area contributed by atoms with Crippen LogP contribution in [-0.2, 0) is 16.6 Å². The van der Waals surface area contributed by atoms with Gasteiger partial charge in [0.2, 0.25) is 5.91 Å². The van der Waals surface area contributed by atoms with Crippen molar-refractivity contribution < 1.29 is 9.59 Å². The fraction of sp³-hybridized carbons (Fsp3) is 0.615. The zero-order valence-electron chi connectivity index (χ0n) is 11.5. The molecule has 2 saturated heterocycles. The van der Waals surface area contributed by atoms with E-state index < -0.39 is 6.04 Å². The molecule has 0 spiro atoms. The van der Waals surface area contributed by atoms with E-state index in [-0.39, 0.29) is 17.7 Å². The van der Waals surface area contributed by atoms with E-state index in [2.05, 4.69) is 15.7 Å². The van der Waals surface area contributed by atoms with Gasteiger partial charge in [-0.3, -0.25) is 19.2 Å². The molecule has 108 valence electrons. The molecule has 2 aliphatic heterocycles. The highest BCUT2D eigenvalue weighted by Gasteiger charge is 2.34. The quantitative estimate of drug-likeness (QED) is 0.762. The van der Waals surface area contributed by atoms with Crippen molar-refractivity contribution >= 4 is 17.6 Å². The van der Waals surface area contributed by atoms with E-state index in [1.165, 1.54) is 0 Å². The Morgan fingerprint density at radius 2 is 2.30 bits per heavy atom. The number of aromatic nitrogens is 2. The molecule has 2 amide bonds. The Labute approximate surface area is 117 Å². The number of nitrogens with zero attached hydrogens (tertiary/aromatic N) is 3. The maximum atomic E-state index is 12.4. The van der Waals surface area contributed by atoms with Gasteiger partial charge >= 0.3 is 0 Å². The number of hydrogen-bond acceptors (Lipinski definition) is 4. The second-order valence-electron chi connectivity index (χ2n) is 5.40. The molecule has 0 bridgehead atoms. The SMILES string of the molecule is Cn1ccc(N2CCCC(NC(=O)C3CNC3)C2=O)n1. The minimum Gasteiger partial charge on any atom is -0.344 e. The first-order chi connectivity index (χ1) is 9.65. The molecule has 1 aromatic heterocycles. The summed E-state index contributed by atoms with van der Waals surface area (Å²) < 4.78 is 1.67. The number of rotatable bonds is 3. The molecule has 0 aliphatic carbocycles. The number of nitrogens with one attached hydrogen (secondary N) is 2. The summed E-state index contributed by atoms with van der Waals surface area (Å²) in [5, 5.41) is 10.2. The first-order valence-corrected chi connectivity index (χ1v) is 6.97. The van der Waals surface area contributed by atoms with Crippen molar-refractivity contribution in [1.82, 2.24) is 20.4 Å². The second kappa shape index (κ2) is 5.24. The summed E-state index contributed by atoms with van der Waals surface area (Å²) in [6.45, 7) is 2.07. The van der Waals surface area contributed by atoms with E-state index in [9.17, 15) is 9.59 Å². The van der Waals surface area contributed by atoms with Crippen LogP contribution in [0.25, 0.3) is 0 Å². The Kier molecular flexibility index (Phi) is 3.43. The van der Waals surface area contributed by atoms with E-state index in [0.717, 1.165) is 6.42 Å². The zero-order valence-corrected chi connectivity index (χ0v) is 11.5. The van der Waals surface area contributed by atoms with Gasteiger partial charge in [-0.05, 0) is 12.8 Å². The summed E-state index contributed by atoms with van der Waals surface area (Å²) in [5.41, 5.74) is 0. The first kappa shape index (κ1) is 13.1. The molecular weight excluding hydrogens is 258 g/mol. The third-order valence-electron chi connectivity index (χ3n) is 3.88. The summed E-state index contributed by atoms with van der Waals surface area (Å²) in [7, 11) is 1.82. The average molecular weight is 277 g/mol. The number of amides is 2. The molecule has 0 aromatic carbocycles. The lowest BCUT2D eigenvalue weighted by atomic mass is 9.99. The Balaban J connectivity index is 1.66. The van der Waals surface area contributed by atoms with E-state index >= 15 is 0 Å². The van der Waals surface area contributed by atoms with Gasteiger partial charge in [0.25, 0.3) is 5.91 Å². The predicted octanol–water partition coefficient (Wildman–Crippen LogP) is -0.749. The van der Waals surface area contributed by atoms with Crippen LogP contribution in [0.3, 0.4) is 0 Å². The summed E-state index contributed by atoms with van der Waals surface area (Å²) in [5.74, 6) is 0.579. The average Bonchev–Trinajstić information content (AvgIpc) is 2.76. The van der Waals surface area contributed by atoms with Gasteiger partial charge in [0.1, 0.15) is 6.04 Å². The van der Waals surface area contributed by atoms with Gasteiger partial charge in [-0.2, -0.15) is 5.10 Å². The summed E-state index contributed by atoms with van der Waals surface area (Å²) >= 11 is 0. The Bertz CT molecular complexity index is 523. The Morgan fingerprint density at radius 1 is 1.50 bits per heavy atom. The summed E-state index contributed by atoms with van der Waals surface area (Å²) in [6, 6.07) is 1.40. The van der Waals surface area contributed by atoms with E-state index in [1.807, 2.05) is 19.3 Å². The monoisotopic (exact) mass is 277 g/mol. The van der Waals surface area contributed by atoms with Gasteiger partial charge in [0, 0.05) is 38.9 Å². The van der Waals surface area contributed by atoms with E-state index in [1.54, 1.807) is 9.58 Å². The maximum Gasteiger partial charge on any atom is 0.250 e. The Hall–Kier alpha value is -1.89. The summed E-state index contributed by atoms with van der Waals surface area (Å²) in [4.78, 5) is 26.1. The number of carbonyl (C=O) groups excluding carboxylic acids is 2. The molecule has 2 aliphatic rings. The molecule has 1 atom stereocenters. The van der Waals surface area contributed by atoms with Crippen LogP contribution in [-0.4, -0.2) is 47.3 Å². The van der Waals surface area contributed by atoms with Crippen molar-refractivity contribution in [3.63, 3.8) is 0 Å². The molecule has 3 heterocycles. The number of hydrogen-bond donors (Lipinski definition) is 2. The lowest BCUT2D eigenvalue weighted by Crippen LogP contribution is -2.57. The molecule has 7 heteroatoms. The van der Waals surface area contributed by atoms with Gasteiger partial charge < -0.3 is 10.6 Å². The lowest BCUT2D eigenvalue weighted by Gasteiger charge is -2.33. The number of carbonyl (C=O) groups is 2. The van der Waals surface area contributed by atoms with Crippen LogP contribution in [0.1, 0.15) is 12.8 Å². The van der Waals surface area contributed by atoms with Crippen molar-refractivity contribution in [3.05, 3.63) is 12.3 Å². The van der Waals surface area contributed by atoms with E-state index in [4.69, 9.17) is 0 Å².